The van der Waals surface area contributed by atoms with Gasteiger partial charge < -0.3 is 10.1 Å². The molecule has 1 fully saturated rings. The minimum atomic E-state index is -0.579. The Morgan fingerprint density at radius 1 is 1.52 bits per heavy atom. The van der Waals surface area contributed by atoms with Crippen LogP contribution in [0.1, 0.15) is 19.3 Å². The van der Waals surface area contributed by atoms with Gasteiger partial charge in [0.1, 0.15) is 5.02 Å². The van der Waals surface area contributed by atoms with E-state index in [1.807, 2.05) is 11.9 Å². The Morgan fingerprint density at radius 3 is 2.96 bits per heavy atom. The summed E-state index contributed by atoms with van der Waals surface area (Å²) in [4.78, 5) is 24.2. The highest BCUT2D eigenvalue weighted by molar-refractivity contribution is 6.32. The Labute approximate surface area is 139 Å². The minimum Gasteiger partial charge on any atom is -0.377 e. The van der Waals surface area contributed by atoms with Crippen LogP contribution in [0.2, 0.25) is 5.02 Å². The van der Waals surface area contributed by atoms with E-state index in [0.717, 1.165) is 25.9 Å². The second-order valence-corrected chi connectivity index (χ2v) is 6.06. The number of likely N-dealkylation sites (N-methyl/N-ethyl adjacent to an activating group) is 1. The van der Waals surface area contributed by atoms with Gasteiger partial charge in [-0.25, -0.2) is 0 Å². The van der Waals surface area contributed by atoms with Crippen LogP contribution in [0.4, 0.5) is 11.4 Å². The molecule has 1 aliphatic heterocycles. The molecule has 1 atom stereocenters. The Kier molecular flexibility index (Phi) is 6.32. The third kappa shape index (κ3) is 5.46. The molecule has 23 heavy (non-hydrogen) atoms. The number of rotatable bonds is 6. The number of benzene rings is 1. The fraction of sp³-hybridized carbons (Fsp3) is 0.533. The molecule has 1 aliphatic rings. The Hall–Kier alpha value is -1.70. The number of nitro benzene ring substituents is 1. The molecule has 8 heteroatoms. The summed E-state index contributed by atoms with van der Waals surface area (Å²) in [5.41, 5.74) is 0.127. The van der Waals surface area contributed by atoms with Crippen LogP contribution in [-0.4, -0.2) is 48.6 Å². The number of carbonyl (C=O) groups excluding carboxylic acids is 1. The van der Waals surface area contributed by atoms with Crippen molar-refractivity contribution >= 4 is 28.9 Å². The van der Waals surface area contributed by atoms with E-state index in [1.54, 1.807) is 0 Å². The van der Waals surface area contributed by atoms with Gasteiger partial charge in [-0.05, 0) is 38.4 Å². The third-order valence-electron chi connectivity index (χ3n) is 3.63. The zero-order valence-corrected chi connectivity index (χ0v) is 13.7. The Morgan fingerprint density at radius 2 is 2.30 bits per heavy atom. The smallest absolute Gasteiger partial charge is 0.289 e. The molecule has 0 radical (unpaired) electrons. The number of amides is 1. The molecule has 2 rings (SSSR count). The van der Waals surface area contributed by atoms with Crippen molar-refractivity contribution in [3.05, 3.63) is 33.3 Å². The van der Waals surface area contributed by atoms with Gasteiger partial charge in [0.05, 0.1) is 17.6 Å². The number of hydrogen-bond acceptors (Lipinski definition) is 5. The first kappa shape index (κ1) is 17.7. The van der Waals surface area contributed by atoms with Gasteiger partial charge in [0, 0.05) is 24.9 Å². The standard InChI is InChI=1S/C15H20ClN3O4/c1-18(9-12-4-2-3-7-23-12)10-15(20)17-11-5-6-13(16)14(8-11)19(21)22/h5-6,8,12H,2-4,7,9-10H2,1H3,(H,17,20). The van der Waals surface area contributed by atoms with Crippen LogP contribution in [0, 0.1) is 10.1 Å². The van der Waals surface area contributed by atoms with Crippen LogP contribution in [0.5, 0.6) is 0 Å². The average molecular weight is 342 g/mol. The van der Waals surface area contributed by atoms with Crippen molar-refractivity contribution < 1.29 is 14.5 Å². The maximum Gasteiger partial charge on any atom is 0.289 e. The summed E-state index contributed by atoms with van der Waals surface area (Å²) in [7, 11) is 1.85. The molecule has 1 heterocycles. The van der Waals surface area contributed by atoms with Crippen LogP contribution >= 0.6 is 11.6 Å². The van der Waals surface area contributed by atoms with E-state index in [0.29, 0.717) is 12.2 Å². The van der Waals surface area contributed by atoms with Crippen LogP contribution in [-0.2, 0) is 9.53 Å². The van der Waals surface area contributed by atoms with Crippen molar-refractivity contribution in [3.8, 4) is 0 Å². The number of hydrogen-bond donors (Lipinski definition) is 1. The van der Waals surface area contributed by atoms with Gasteiger partial charge in [0.2, 0.25) is 5.91 Å². The van der Waals surface area contributed by atoms with Crippen molar-refractivity contribution in [2.75, 3.05) is 32.1 Å². The van der Waals surface area contributed by atoms with E-state index in [2.05, 4.69) is 5.32 Å². The van der Waals surface area contributed by atoms with Gasteiger partial charge in [0.15, 0.2) is 0 Å². The molecular weight excluding hydrogens is 322 g/mol. The Bertz CT molecular complexity index is 576. The molecule has 1 N–H and O–H groups in total. The fourth-order valence-electron chi connectivity index (χ4n) is 2.54. The predicted octanol–water partition coefficient (Wildman–Crippen LogP) is 2.69. The molecule has 0 bridgehead atoms. The highest BCUT2D eigenvalue weighted by atomic mass is 35.5. The lowest BCUT2D eigenvalue weighted by Gasteiger charge is -2.27. The van der Waals surface area contributed by atoms with Crippen molar-refractivity contribution in [2.45, 2.75) is 25.4 Å². The third-order valence-corrected chi connectivity index (χ3v) is 3.95. The van der Waals surface area contributed by atoms with Gasteiger partial charge in [0.25, 0.3) is 5.69 Å². The van der Waals surface area contributed by atoms with E-state index in [1.165, 1.54) is 18.2 Å². The molecule has 1 aromatic rings. The molecule has 0 saturated carbocycles. The maximum absolute atomic E-state index is 12.0. The van der Waals surface area contributed by atoms with Gasteiger partial charge in [-0.3, -0.25) is 19.8 Å². The molecule has 0 spiro atoms. The molecule has 0 aliphatic carbocycles. The van der Waals surface area contributed by atoms with Crippen LogP contribution < -0.4 is 5.32 Å². The quantitative estimate of drug-likeness (QED) is 0.635. The second kappa shape index (κ2) is 8.24. The highest BCUT2D eigenvalue weighted by Crippen LogP contribution is 2.27. The average Bonchev–Trinajstić information content (AvgIpc) is 2.49. The molecule has 1 unspecified atom stereocenters. The highest BCUT2D eigenvalue weighted by Gasteiger charge is 2.18. The SMILES string of the molecule is CN(CC(=O)Nc1ccc(Cl)c([N+](=O)[O-])c1)CC1CCCCO1. The fourth-order valence-corrected chi connectivity index (χ4v) is 2.73. The van der Waals surface area contributed by atoms with Gasteiger partial charge >= 0.3 is 0 Å². The van der Waals surface area contributed by atoms with E-state index in [9.17, 15) is 14.9 Å². The molecule has 126 valence electrons. The first-order valence-corrected chi connectivity index (χ1v) is 7.87. The topological polar surface area (TPSA) is 84.7 Å². The molecule has 1 aromatic carbocycles. The molecule has 0 aromatic heterocycles. The number of carbonyl (C=O) groups is 1. The molecule has 7 nitrogen and oxygen atoms in total. The summed E-state index contributed by atoms with van der Waals surface area (Å²) in [5, 5.41) is 13.5. The summed E-state index contributed by atoms with van der Waals surface area (Å²) in [6.07, 6.45) is 3.42. The lowest BCUT2D eigenvalue weighted by molar-refractivity contribution is -0.384. The van der Waals surface area contributed by atoms with Gasteiger partial charge in [-0.15, -0.1) is 0 Å². The van der Waals surface area contributed by atoms with Crippen LogP contribution in [0.3, 0.4) is 0 Å². The molecule has 1 amide bonds. The summed E-state index contributed by atoms with van der Waals surface area (Å²) in [6, 6.07) is 4.19. The first-order chi connectivity index (χ1) is 11.0. The van der Waals surface area contributed by atoms with Crippen molar-refractivity contribution in [1.29, 1.82) is 0 Å². The number of halogens is 1. The van der Waals surface area contributed by atoms with E-state index < -0.39 is 4.92 Å². The lowest BCUT2D eigenvalue weighted by atomic mass is 10.1. The lowest BCUT2D eigenvalue weighted by Crippen LogP contribution is -2.37. The minimum absolute atomic E-state index is 0.0413. The number of nitrogens with zero attached hydrogens (tertiary/aromatic N) is 2. The number of anilines is 1. The van der Waals surface area contributed by atoms with E-state index >= 15 is 0 Å². The molecular formula is C15H20ClN3O4. The number of ether oxygens (including phenoxy) is 1. The normalized spacial score (nSPS) is 18.0. The van der Waals surface area contributed by atoms with E-state index in [-0.39, 0.29) is 29.3 Å². The molecule has 1 saturated heterocycles. The monoisotopic (exact) mass is 341 g/mol. The number of nitrogens with one attached hydrogen (secondary N) is 1. The van der Waals surface area contributed by atoms with E-state index in [4.69, 9.17) is 16.3 Å². The van der Waals surface area contributed by atoms with Gasteiger partial charge in [-0.2, -0.15) is 0 Å². The summed E-state index contributed by atoms with van der Waals surface area (Å²) >= 11 is 5.74. The van der Waals surface area contributed by atoms with Crippen molar-refractivity contribution in [3.63, 3.8) is 0 Å². The predicted molar refractivity (Wildman–Crippen MR) is 87.8 cm³/mol. The zero-order chi connectivity index (χ0) is 16.8. The van der Waals surface area contributed by atoms with Crippen molar-refractivity contribution in [1.82, 2.24) is 4.90 Å². The van der Waals surface area contributed by atoms with Crippen LogP contribution in [0.25, 0.3) is 0 Å². The van der Waals surface area contributed by atoms with Gasteiger partial charge in [-0.1, -0.05) is 11.6 Å². The number of nitro groups is 1. The summed E-state index contributed by atoms with van der Waals surface area (Å²) in [5.74, 6) is -0.236. The van der Waals surface area contributed by atoms with Crippen LogP contribution in [0.15, 0.2) is 18.2 Å². The zero-order valence-electron chi connectivity index (χ0n) is 13.0. The largest absolute Gasteiger partial charge is 0.377 e. The second-order valence-electron chi connectivity index (χ2n) is 5.66. The summed E-state index contributed by atoms with van der Waals surface area (Å²) < 4.78 is 5.64. The van der Waals surface area contributed by atoms with Crippen molar-refractivity contribution in [2.24, 2.45) is 0 Å². The Balaban J connectivity index is 1.86. The summed E-state index contributed by atoms with van der Waals surface area (Å²) in [6.45, 7) is 1.66. The first-order valence-electron chi connectivity index (χ1n) is 7.49. The maximum atomic E-state index is 12.0.